The Hall–Kier alpha value is -0.800. The lowest BCUT2D eigenvalue weighted by molar-refractivity contribution is -0.207. The molecule has 352 valence electrons. The average Bonchev–Trinajstić information content (AvgIpc) is 3.25. The van der Waals surface area contributed by atoms with Crippen LogP contribution in [0.15, 0.2) is 24.3 Å². The molecule has 2 atom stereocenters. The fraction of sp³-hybridized carbons (Fsp3) is 0.923. The third-order valence-corrected chi connectivity index (χ3v) is 10.7. The van der Waals surface area contributed by atoms with Gasteiger partial charge in [0, 0.05) is 39.6 Å². The van der Waals surface area contributed by atoms with Crippen LogP contribution in [-0.4, -0.2) is 64.8 Å². The molecule has 0 saturated heterocycles. The van der Waals surface area contributed by atoms with Crippen LogP contribution < -0.4 is 0 Å². The molecule has 7 nitrogen and oxygen atoms in total. The van der Waals surface area contributed by atoms with Crippen LogP contribution in [0.25, 0.3) is 0 Å². The number of rotatable bonds is 50. The van der Waals surface area contributed by atoms with Gasteiger partial charge in [-0.2, -0.15) is 0 Å². The highest BCUT2D eigenvalue weighted by molar-refractivity contribution is 4.89. The van der Waals surface area contributed by atoms with Gasteiger partial charge in [0.25, 0.3) is 0 Å². The minimum absolute atomic E-state index is 0.0130. The highest BCUT2D eigenvalue weighted by Gasteiger charge is 2.14. The van der Waals surface area contributed by atoms with Crippen LogP contribution in [0.2, 0.25) is 0 Å². The summed E-state index contributed by atoms with van der Waals surface area (Å²) in [6.45, 7) is 17.9. The van der Waals surface area contributed by atoms with E-state index in [0.717, 1.165) is 90.6 Å². The number of hydrogen-bond acceptors (Lipinski definition) is 7. The van der Waals surface area contributed by atoms with E-state index in [1.54, 1.807) is 0 Å². The van der Waals surface area contributed by atoms with Gasteiger partial charge in [0.1, 0.15) is 0 Å². The zero-order chi connectivity index (χ0) is 43.0. The Morgan fingerprint density at radius 2 is 0.593 bits per heavy atom. The minimum Gasteiger partial charge on any atom is -0.353 e. The summed E-state index contributed by atoms with van der Waals surface area (Å²) in [5, 5.41) is 0. The van der Waals surface area contributed by atoms with Crippen LogP contribution in [0.5, 0.6) is 0 Å². The summed E-state index contributed by atoms with van der Waals surface area (Å²) >= 11 is 0. The molecule has 0 fully saturated rings. The molecule has 0 radical (unpaired) electrons. The van der Waals surface area contributed by atoms with Gasteiger partial charge in [-0.05, 0) is 102 Å². The van der Waals surface area contributed by atoms with Gasteiger partial charge < -0.3 is 33.2 Å². The second-order valence-corrected chi connectivity index (χ2v) is 16.7. The number of allylic oxidation sites excluding steroid dienone is 2. The number of hydrogen-bond donors (Lipinski definition) is 0. The lowest BCUT2D eigenvalue weighted by atomic mass is 10.1. The van der Waals surface area contributed by atoms with Crippen molar-refractivity contribution in [1.82, 2.24) is 0 Å². The Morgan fingerprint density at radius 1 is 0.288 bits per heavy atom. The lowest BCUT2D eigenvalue weighted by Gasteiger charge is -2.21. The summed E-state index contributed by atoms with van der Waals surface area (Å²) in [6, 6.07) is 0. The van der Waals surface area contributed by atoms with Gasteiger partial charge in [0.2, 0.25) is 0 Å². The van der Waals surface area contributed by atoms with Crippen LogP contribution in [0.1, 0.15) is 247 Å². The minimum atomic E-state index is -0.382. The van der Waals surface area contributed by atoms with Crippen molar-refractivity contribution in [3.05, 3.63) is 24.3 Å². The molecule has 0 amide bonds. The summed E-state index contributed by atoms with van der Waals surface area (Å²) in [4.78, 5) is 0. The normalized spacial score (nSPS) is 13.3. The van der Waals surface area contributed by atoms with E-state index in [9.17, 15) is 0 Å². The Kier molecular flexibility index (Phi) is 49.2. The molecule has 0 heterocycles. The summed E-state index contributed by atoms with van der Waals surface area (Å²) in [7, 11) is 0. The zero-order valence-electron chi connectivity index (χ0n) is 40.3. The van der Waals surface area contributed by atoms with E-state index in [1.165, 1.54) is 141 Å². The van der Waals surface area contributed by atoms with Crippen LogP contribution in [-0.2, 0) is 33.2 Å². The molecule has 0 aliphatic rings. The predicted molar refractivity (Wildman–Crippen MR) is 252 cm³/mol. The highest BCUT2D eigenvalue weighted by Crippen LogP contribution is 2.17. The fourth-order valence-corrected chi connectivity index (χ4v) is 6.91. The molecule has 0 aromatic carbocycles. The maximum Gasteiger partial charge on any atom is 0.180 e. The predicted octanol–water partition coefficient (Wildman–Crippen LogP) is 16.1. The second-order valence-electron chi connectivity index (χ2n) is 16.7. The fourth-order valence-electron chi connectivity index (χ4n) is 6.91. The average molecular weight is 839 g/mol. The monoisotopic (exact) mass is 839 g/mol. The molecule has 0 bridgehead atoms. The molecule has 0 aliphatic heterocycles. The lowest BCUT2D eigenvalue weighted by Crippen LogP contribution is -2.25. The van der Waals surface area contributed by atoms with Gasteiger partial charge in [0.05, 0.1) is 0 Å². The van der Waals surface area contributed by atoms with Crippen molar-refractivity contribution in [1.29, 1.82) is 0 Å². The van der Waals surface area contributed by atoms with Gasteiger partial charge in [-0.1, -0.05) is 169 Å². The van der Waals surface area contributed by atoms with Crippen molar-refractivity contribution in [3.8, 4) is 0 Å². The zero-order valence-corrected chi connectivity index (χ0v) is 40.3. The van der Waals surface area contributed by atoms with Gasteiger partial charge in [-0.3, -0.25) is 0 Å². The smallest absolute Gasteiger partial charge is 0.180 e. The summed E-state index contributed by atoms with van der Waals surface area (Å²) in [5.74, 6) is 0. The van der Waals surface area contributed by atoms with E-state index in [4.69, 9.17) is 33.2 Å². The van der Waals surface area contributed by atoms with E-state index in [0.29, 0.717) is 13.2 Å². The molecule has 0 aliphatic carbocycles. The van der Waals surface area contributed by atoms with Crippen LogP contribution in [0.4, 0.5) is 0 Å². The molecule has 0 aromatic rings. The first-order valence-corrected chi connectivity index (χ1v) is 25.8. The third-order valence-electron chi connectivity index (χ3n) is 10.7. The van der Waals surface area contributed by atoms with E-state index >= 15 is 0 Å². The summed E-state index contributed by atoms with van der Waals surface area (Å²) < 4.78 is 42.8. The highest BCUT2D eigenvalue weighted by atomic mass is 16.8. The third kappa shape index (κ3) is 43.6. The van der Waals surface area contributed by atoms with Crippen molar-refractivity contribution >= 4 is 0 Å². The molecule has 0 aromatic heterocycles. The molecule has 0 rings (SSSR count). The van der Waals surface area contributed by atoms with Gasteiger partial charge >= 0.3 is 0 Å². The number of unbranched alkanes of at least 4 members (excludes halogenated alkanes) is 22. The topological polar surface area (TPSA) is 64.6 Å². The first-order valence-electron chi connectivity index (χ1n) is 25.8. The van der Waals surface area contributed by atoms with Crippen LogP contribution >= 0.6 is 0 Å². The maximum absolute atomic E-state index is 6.33. The Bertz CT molecular complexity index is 746. The molecule has 59 heavy (non-hydrogen) atoms. The van der Waals surface area contributed by atoms with Crippen molar-refractivity contribution in [2.24, 2.45) is 0 Å². The van der Waals surface area contributed by atoms with Gasteiger partial charge in [0.15, 0.2) is 25.2 Å². The molecular formula is C52H102O7. The first-order chi connectivity index (χ1) is 29.1. The Labute approximate surface area is 368 Å². The first kappa shape index (κ1) is 58.2. The second kappa shape index (κ2) is 49.9. The molecule has 0 N–H and O–H groups in total. The van der Waals surface area contributed by atoms with Crippen molar-refractivity contribution in [2.45, 2.75) is 272 Å². The van der Waals surface area contributed by atoms with E-state index in [-0.39, 0.29) is 25.2 Å². The standard InChI is InChI=1S/C52H102O7/c1-7-13-35-45-55-49(56-46-36-14-8-2)39-31-27-23-19-17-21-25-29-33-41-51(53-43-11-5)59-52(54-44-12-6)42-34-30-26-22-18-20-24-28-32-40-50(57-47-37-15-9-3)58-48-38-16-10-4/h33-34,41-42,49-52H,7-32,35-40,43-48H2,1-6H3. The molecule has 7 heteroatoms. The molecular weight excluding hydrogens is 737 g/mol. The maximum atomic E-state index is 6.33. The van der Waals surface area contributed by atoms with Gasteiger partial charge in [-0.25, -0.2) is 0 Å². The van der Waals surface area contributed by atoms with E-state index < -0.39 is 0 Å². The summed E-state index contributed by atoms with van der Waals surface area (Å²) in [6.07, 6.45) is 46.1. The van der Waals surface area contributed by atoms with Crippen LogP contribution in [0, 0.1) is 0 Å². The van der Waals surface area contributed by atoms with Crippen LogP contribution in [0.3, 0.4) is 0 Å². The van der Waals surface area contributed by atoms with E-state index in [2.05, 4.69) is 65.8 Å². The largest absolute Gasteiger partial charge is 0.353 e. The van der Waals surface area contributed by atoms with Crippen molar-refractivity contribution in [2.75, 3.05) is 39.6 Å². The molecule has 0 spiro atoms. The van der Waals surface area contributed by atoms with Crippen molar-refractivity contribution in [3.63, 3.8) is 0 Å². The SMILES string of the molecule is CCCCCOC(CCCCCCCCCC=CC(OCCC)OC(C=CCCCCCCCCCC(OCCCCC)OCCCCC)OCCC)OCCCCC. The van der Waals surface area contributed by atoms with Crippen molar-refractivity contribution < 1.29 is 33.2 Å². The molecule has 2 unspecified atom stereocenters. The quantitative estimate of drug-likeness (QED) is 0.0343. The van der Waals surface area contributed by atoms with E-state index in [1.807, 2.05) is 0 Å². The summed E-state index contributed by atoms with van der Waals surface area (Å²) in [5.41, 5.74) is 0. The molecule has 0 saturated carbocycles. The Balaban J connectivity index is 4.35. The number of ether oxygens (including phenoxy) is 7. The Morgan fingerprint density at radius 3 is 0.898 bits per heavy atom. The van der Waals surface area contributed by atoms with Gasteiger partial charge in [-0.15, -0.1) is 0 Å².